The normalized spacial score (nSPS) is 22.6. The zero-order valence-corrected chi connectivity index (χ0v) is 13.5. The zero-order valence-electron chi connectivity index (χ0n) is 13.5. The second-order valence-electron chi connectivity index (χ2n) is 7.35. The largest absolute Gasteiger partial charge is 0.338 e. The smallest absolute Gasteiger partial charge is 0.315 e. The monoisotopic (exact) mass is 288 g/mol. The summed E-state index contributed by atoms with van der Waals surface area (Å²) >= 11 is 0. The Balaban J connectivity index is 1.73. The molecule has 21 heavy (non-hydrogen) atoms. The van der Waals surface area contributed by atoms with Gasteiger partial charge in [0.2, 0.25) is 0 Å². The Bertz CT molecular complexity index is 442. The molecule has 2 N–H and O–H groups in total. The van der Waals surface area contributed by atoms with E-state index in [1.807, 2.05) is 0 Å². The zero-order chi connectivity index (χ0) is 15.3. The van der Waals surface area contributed by atoms with Crippen LogP contribution in [-0.4, -0.2) is 18.6 Å². The summed E-state index contributed by atoms with van der Waals surface area (Å²) < 4.78 is 0. The molecular formula is C18H28N2O. The summed E-state index contributed by atoms with van der Waals surface area (Å²) in [7, 11) is 0. The van der Waals surface area contributed by atoms with Crippen LogP contribution in [0.1, 0.15) is 57.9 Å². The Labute approximate surface area is 128 Å². The fraction of sp³-hybridized carbons (Fsp3) is 0.611. The van der Waals surface area contributed by atoms with Crippen molar-refractivity contribution in [3.05, 3.63) is 35.9 Å². The number of carbonyl (C=O) groups is 1. The third-order valence-electron chi connectivity index (χ3n) is 4.11. The van der Waals surface area contributed by atoms with E-state index >= 15 is 0 Å². The average molecular weight is 288 g/mol. The molecule has 0 radical (unpaired) electrons. The molecule has 1 aliphatic rings. The number of amides is 2. The molecule has 0 aromatic heterocycles. The van der Waals surface area contributed by atoms with Crippen LogP contribution in [0.5, 0.6) is 0 Å². The highest BCUT2D eigenvalue weighted by atomic mass is 16.2. The van der Waals surface area contributed by atoms with Crippen molar-refractivity contribution in [2.75, 3.05) is 6.54 Å². The van der Waals surface area contributed by atoms with Crippen LogP contribution in [0.3, 0.4) is 0 Å². The van der Waals surface area contributed by atoms with Gasteiger partial charge in [-0.25, -0.2) is 4.79 Å². The molecule has 1 aromatic rings. The Morgan fingerprint density at radius 3 is 2.29 bits per heavy atom. The molecule has 0 heterocycles. The average Bonchev–Trinajstić information content (AvgIpc) is 2.46. The molecule has 0 atom stereocenters. The highest BCUT2D eigenvalue weighted by molar-refractivity contribution is 5.74. The van der Waals surface area contributed by atoms with Crippen LogP contribution in [0.15, 0.2) is 30.3 Å². The van der Waals surface area contributed by atoms with Crippen molar-refractivity contribution in [2.24, 2.45) is 5.41 Å². The first-order valence-electron chi connectivity index (χ1n) is 8.03. The molecule has 3 heteroatoms. The standard InChI is InChI=1S/C18H28N2O/c1-18(2,3)13-19-17(21)20-16-11-9-15(10-12-16)14-7-5-4-6-8-14/h4-8,15-16H,9-13H2,1-3H3,(H2,19,20,21). The van der Waals surface area contributed by atoms with Crippen molar-refractivity contribution in [3.63, 3.8) is 0 Å². The first-order chi connectivity index (χ1) is 9.94. The van der Waals surface area contributed by atoms with Gasteiger partial charge < -0.3 is 10.6 Å². The molecule has 3 nitrogen and oxygen atoms in total. The lowest BCUT2D eigenvalue weighted by Gasteiger charge is -2.30. The SMILES string of the molecule is CC(C)(C)CNC(=O)NC1CCC(c2ccccc2)CC1. The van der Waals surface area contributed by atoms with Crippen molar-refractivity contribution in [3.8, 4) is 0 Å². The Morgan fingerprint density at radius 2 is 1.71 bits per heavy atom. The Morgan fingerprint density at radius 1 is 1.10 bits per heavy atom. The predicted molar refractivity (Wildman–Crippen MR) is 87.4 cm³/mol. The number of hydrogen-bond donors (Lipinski definition) is 2. The molecule has 116 valence electrons. The number of nitrogens with one attached hydrogen (secondary N) is 2. The fourth-order valence-electron chi connectivity index (χ4n) is 2.88. The Kier molecular flexibility index (Phi) is 5.27. The first-order valence-corrected chi connectivity index (χ1v) is 8.03. The van der Waals surface area contributed by atoms with Gasteiger partial charge in [0.05, 0.1) is 0 Å². The van der Waals surface area contributed by atoms with Gasteiger partial charge in [0.15, 0.2) is 0 Å². The molecule has 2 amide bonds. The lowest BCUT2D eigenvalue weighted by molar-refractivity contribution is 0.226. The van der Waals surface area contributed by atoms with E-state index in [0.29, 0.717) is 18.5 Å². The minimum absolute atomic E-state index is 0.0203. The molecule has 0 unspecified atom stereocenters. The van der Waals surface area contributed by atoms with E-state index in [9.17, 15) is 4.79 Å². The van der Waals surface area contributed by atoms with Crippen molar-refractivity contribution in [2.45, 2.75) is 58.4 Å². The second kappa shape index (κ2) is 6.97. The van der Waals surface area contributed by atoms with Crippen LogP contribution in [-0.2, 0) is 0 Å². The third-order valence-corrected chi connectivity index (χ3v) is 4.11. The summed E-state index contributed by atoms with van der Waals surface area (Å²) in [6, 6.07) is 11.0. The first kappa shape index (κ1) is 15.9. The van der Waals surface area contributed by atoms with E-state index in [-0.39, 0.29) is 11.4 Å². The van der Waals surface area contributed by atoms with Crippen LogP contribution >= 0.6 is 0 Å². The summed E-state index contributed by atoms with van der Waals surface area (Å²) in [5.41, 5.74) is 1.57. The van der Waals surface area contributed by atoms with E-state index in [0.717, 1.165) is 25.7 Å². The third kappa shape index (κ3) is 5.41. The van der Waals surface area contributed by atoms with Gasteiger partial charge in [0.25, 0.3) is 0 Å². The molecule has 1 saturated carbocycles. The number of carbonyl (C=O) groups excluding carboxylic acids is 1. The van der Waals surface area contributed by atoms with E-state index in [1.165, 1.54) is 5.56 Å². The minimum Gasteiger partial charge on any atom is -0.338 e. The highest BCUT2D eigenvalue weighted by Crippen LogP contribution is 2.32. The maximum Gasteiger partial charge on any atom is 0.315 e. The molecule has 0 spiro atoms. The summed E-state index contributed by atoms with van der Waals surface area (Å²) in [6.07, 6.45) is 4.47. The summed E-state index contributed by atoms with van der Waals surface area (Å²) in [5, 5.41) is 6.08. The number of benzene rings is 1. The van der Waals surface area contributed by atoms with E-state index < -0.39 is 0 Å². The predicted octanol–water partition coefficient (Wildman–Crippen LogP) is 4.06. The van der Waals surface area contributed by atoms with Crippen molar-refractivity contribution in [1.82, 2.24) is 10.6 Å². The molecule has 0 bridgehead atoms. The molecule has 1 aromatic carbocycles. The number of hydrogen-bond acceptors (Lipinski definition) is 1. The number of urea groups is 1. The minimum atomic E-state index is -0.0203. The molecular weight excluding hydrogens is 260 g/mol. The lowest BCUT2D eigenvalue weighted by Crippen LogP contribution is -2.45. The van der Waals surface area contributed by atoms with E-state index in [4.69, 9.17) is 0 Å². The molecule has 0 saturated heterocycles. The topological polar surface area (TPSA) is 41.1 Å². The van der Waals surface area contributed by atoms with E-state index in [2.05, 4.69) is 61.7 Å². The lowest BCUT2D eigenvalue weighted by atomic mass is 9.82. The fourth-order valence-corrected chi connectivity index (χ4v) is 2.88. The van der Waals surface area contributed by atoms with Gasteiger partial charge in [-0.15, -0.1) is 0 Å². The maximum atomic E-state index is 11.9. The van der Waals surface area contributed by atoms with Crippen LogP contribution in [0.2, 0.25) is 0 Å². The van der Waals surface area contributed by atoms with Crippen LogP contribution < -0.4 is 10.6 Å². The van der Waals surface area contributed by atoms with Crippen LogP contribution in [0, 0.1) is 5.41 Å². The van der Waals surface area contributed by atoms with Crippen molar-refractivity contribution >= 4 is 6.03 Å². The van der Waals surface area contributed by atoms with Gasteiger partial charge in [0, 0.05) is 12.6 Å². The Hall–Kier alpha value is -1.51. The van der Waals surface area contributed by atoms with E-state index in [1.54, 1.807) is 0 Å². The van der Waals surface area contributed by atoms with Gasteiger partial charge in [0.1, 0.15) is 0 Å². The van der Waals surface area contributed by atoms with Crippen LogP contribution in [0.4, 0.5) is 4.79 Å². The summed E-state index contributed by atoms with van der Waals surface area (Å²) in [4.78, 5) is 11.9. The summed E-state index contributed by atoms with van der Waals surface area (Å²) in [5.74, 6) is 0.655. The number of rotatable bonds is 3. The van der Waals surface area contributed by atoms with Gasteiger partial charge in [-0.05, 0) is 42.6 Å². The molecule has 0 aliphatic heterocycles. The summed E-state index contributed by atoms with van der Waals surface area (Å²) in [6.45, 7) is 7.08. The quantitative estimate of drug-likeness (QED) is 0.865. The van der Waals surface area contributed by atoms with Gasteiger partial charge >= 0.3 is 6.03 Å². The molecule has 1 aliphatic carbocycles. The van der Waals surface area contributed by atoms with Gasteiger partial charge in [-0.3, -0.25) is 0 Å². The van der Waals surface area contributed by atoms with Crippen molar-refractivity contribution in [1.29, 1.82) is 0 Å². The van der Waals surface area contributed by atoms with Crippen LogP contribution in [0.25, 0.3) is 0 Å². The molecule has 2 rings (SSSR count). The highest BCUT2D eigenvalue weighted by Gasteiger charge is 2.23. The second-order valence-corrected chi connectivity index (χ2v) is 7.35. The maximum absolute atomic E-state index is 11.9. The van der Waals surface area contributed by atoms with Gasteiger partial charge in [-0.1, -0.05) is 51.1 Å². The van der Waals surface area contributed by atoms with Gasteiger partial charge in [-0.2, -0.15) is 0 Å². The molecule has 1 fully saturated rings. The van der Waals surface area contributed by atoms with Crippen molar-refractivity contribution < 1.29 is 4.79 Å².